The minimum atomic E-state index is 1.05. The zero-order valence-corrected chi connectivity index (χ0v) is 4.72. The summed E-state index contributed by atoms with van der Waals surface area (Å²) in [5.41, 5.74) is 1.12. The van der Waals surface area contributed by atoms with Crippen LogP contribution in [0, 0.1) is 12.3 Å². The Kier molecular flexibility index (Phi) is 1.54. The Labute approximate surface area is 49.9 Å². The molecule has 0 saturated carbocycles. The van der Waals surface area contributed by atoms with Crippen molar-refractivity contribution in [1.82, 2.24) is 0 Å². The molecular weight excluding hydrogens is 96.1 g/mol. The molecule has 40 valence electrons. The number of rotatable bonds is 0. The molecule has 0 saturated heterocycles. The molecule has 0 fully saturated rings. The fraction of sp³-hybridized carbons (Fsp3) is 0.250. The summed E-state index contributed by atoms with van der Waals surface area (Å²) in [6, 6.07) is 0. The van der Waals surface area contributed by atoms with Gasteiger partial charge in [0.2, 0.25) is 0 Å². The molecule has 0 aliphatic heterocycles. The molecule has 0 heteroatoms. The molecule has 1 aliphatic rings. The van der Waals surface area contributed by atoms with Crippen molar-refractivity contribution in [1.29, 1.82) is 0 Å². The van der Waals surface area contributed by atoms with E-state index in [4.69, 9.17) is 6.42 Å². The third kappa shape index (κ3) is 1.01. The van der Waals surface area contributed by atoms with Crippen LogP contribution in [-0.4, -0.2) is 0 Å². The highest BCUT2D eigenvalue weighted by molar-refractivity contribution is 5.31. The van der Waals surface area contributed by atoms with Crippen molar-refractivity contribution >= 4 is 0 Å². The molecule has 0 N–H and O–H groups in total. The maximum Gasteiger partial charge on any atom is 0.00205 e. The molecule has 1 rings (SSSR count). The predicted octanol–water partition coefficient (Wildman–Crippen LogP) is 1.90. The minimum absolute atomic E-state index is 1.05. The van der Waals surface area contributed by atoms with Crippen molar-refractivity contribution in [3.63, 3.8) is 0 Å². The van der Waals surface area contributed by atoms with E-state index in [0.29, 0.717) is 0 Å². The van der Waals surface area contributed by atoms with Gasteiger partial charge in [-0.2, -0.15) is 0 Å². The van der Waals surface area contributed by atoms with E-state index in [-0.39, 0.29) is 0 Å². The molecule has 0 unspecified atom stereocenters. The zero-order valence-electron chi connectivity index (χ0n) is 4.72. The Hall–Kier alpha value is -0.960. The van der Waals surface area contributed by atoms with E-state index >= 15 is 0 Å². The van der Waals surface area contributed by atoms with Gasteiger partial charge < -0.3 is 0 Å². The van der Waals surface area contributed by atoms with E-state index in [1.807, 2.05) is 12.2 Å². The largest absolute Gasteiger partial charge is 0.115 e. The molecule has 0 radical (unpaired) electrons. The van der Waals surface area contributed by atoms with Crippen LogP contribution < -0.4 is 0 Å². The highest BCUT2D eigenvalue weighted by Gasteiger charge is 1.91. The second-order valence-corrected chi connectivity index (χ2v) is 1.80. The van der Waals surface area contributed by atoms with Gasteiger partial charge in [-0.05, 0) is 12.8 Å². The van der Waals surface area contributed by atoms with Crippen molar-refractivity contribution < 1.29 is 0 Å². The van der Waals surface area contributed by atoms with Gasteiger partial charge in [0.25, 0.3) is 0 Å². The fourth-order valence-electron chi connectivity index (χ4n) is 0.723. The zero-order chi connectivity index (χ0) is 5.82. The lowest BCUT2D eigenvalue weighted by Crippen LogP contribution is -1.81. The first-order valence-corrected chi connectivity index (χ1v) is 2.76. The normalized spacial score (nSPS) is 17.1. The average molecular weight is 104 g/mol. The van der Waals surface area contributed by atoms with E-state index in [2.05, 4.69) is 12.0 Å². The standard InChI is InChI=1S/C8H8/c1-2-8-6-4-3-5-7-8/h1,3-4,6H,5,7H2. The molecule has 0 heterocycles. The molecule has 0 nitrogen and oxygen atoms in total. The van der Waals surface area contributed by atoms with Crippen LogP contribution in [-0.2, 0) is 0 Å². The highest BCUT2D eigenvalue weighted by atomic mass is 14.0. The Morgan fingerprint density at radius 1 is 1.62 bits per heavy atom. The maximum atomic E-state index is 5.15. The maximum absolute atomic E-state index is 5.15. The second-order valence-electron chi connectivity index (χ2n) is 1.80. The summed E-state index contributed by atoms with van der Waals surface area (Å²) in [5.74, 6) is 2.61. The smallest absolute Gasteiger partial charge is 0.00205 e. The third-order valence-electron chi connectivity index (χ3n) is 1.20. The van der Waals surface area contributed by atoms with Crippen LogP contribution in [0.3, 0.4) is 0 Å². The first-order valence-electron chi connectivity index (χ1n) is 2.76. The lowest BCUT2D eigenvalue weighted by Gasteiger charge is -1.98. The van der Waals surface area contributed by atoms with Crippen molar-refractivity contribution in [3.05, 3.63) is 23.8 Å². The molecule has 1 aliphatic carbocycles. The summed E-state index contributed by atoms with van der Waals surface area (Å²) in [5, 5.41) is 0. The predicted molar refractivity (Wildman–Crippen MR) is 35.3 cm³/mol. The minimum Gasteiger partial charge on any atom is -0.115 e. The van der Waals surface area contributed by atoms with Crippen LogP contribution >= 0.6 is 0 Å². The summed E-state index contributed by atoms with van der Waals surface area (Å²) >= 11 is 0. The van der Waals surface area contributed by atoms with E-state index in [9.17, 15) is 0 Å². The van der Waals surface area contributed by atoms with Crippen molar-refractivity contribution in [2.45, 2.75) is 12.8 Å². The Morgan fingerprint density at radius 3 is 2.88 bits per heavy atom. The molecule has 0 aromatic heterocycles. The lowest BCUT2D eigenvalue weighted by molar-refractivity contribution is 1.00. The van der Waals surface area contributed by atoms with Crippen molar-refractivity contribution in [3.8, 4) is 12.3 Å². The van der Waals surface area contributed by atoms with Crippen LogP contribution in [0.1, 0.15) is 12.8 Å². The molecule has 8 heavy (non-hydrogen) atoms. The number of terminal acetylenes is 1. The quantitative estimate of drug-likeness (QED) is 0.412. The third-order valence-corrected chi connectivity index (χ3v) is 1.20. The van der Waals surface area contributed by atoms with Gasteiger partial charge in [0.15, 0.2) is 0 Å². The summed E-state index contributed by atoms with van der Waals surface area (Å²) in [7, 11) is 0. The van der Waals surface area contributed by atoms with Gasteiger partial charge >= 0.3 is 0 Å². The second kappa shape index (κ2) is 2.37. The van der Waals surface area contributed by atoms with Gasteiger partial charge in [-0.1, -0.05) is 24.1 Å². The van der Waals surface area contributed by atoms with Gasteiger partial charge in [-0.25, -0.2) is 0 Å². The van der Waals surface area contributed by atoms with Gasteiger partial charge in [0, 0.05) is 5.57 Å². The molecule has 0 spiro atoms. The molecule has 0 bridgehead atoms. The number of hydrogen-bond acceptors (Lipinski definition) is 0. The Balaban J connectivity index is 2.67. The summed E-state index contributed by atoms with van der Waals surface area (Å²) in [4.78, 5) is 0. The van der Waals surface area contributed by atoms with Gasteiger partial charge in [-0.15, -0.1) is 6.42 Å². The van der Waals surface area contributed by atoms with Crippen LogP contribution in [0.5, 0.6) is 0 Å². The molecule has 0 aromatic carbocycles. The molecule has 0 aromatic rings. The van der Waals surface area contributed by atoms with E-state index in [1.54, 1.807) is 0 Å². The summed E-state index contributed by atoms with van der Waals surface area (Å²) in [6.45, 7) is 0. The van der Waals surface area contributed by atoms with Gasteiger partial charge in [-0.3, -0.25) is 0 Å². The lowest BCUT2D eigenvalue weighted by atomic mass is 10.1. The Bertz CT molecular complexity index is 165. The monoisotopic (exact) mass is 104 g/mol. The number of hydrogen-bond donors (Lipinski definition) is 0. The van der Waals surface area contributed by atoms with E-state index < -0.39 is 0 Å². The highest BCUT2D eigenvalue weighted by Crippen LogP contribution is 2.09. The van der Waals surface area contributed by atoms with E-state index in [0.717, 1.165) is 18.4 Å². The fourth-order valence-corrected chi connectivity index (χ4v) is 0.723. The number of allylic oxidation sites excluding steroid dienone is 4. The van der Waals surface area contributed by atoms with Crippen LogP contribution in [0.4, 0.5) is 0 Å². The van der Waals surface area contributed by atoms with Crippen molar-refractivity contribution in [2.24, 2.45) is 0 Å². The molecular formula is C8H8. The van der Waals surface area contributed by atoms with Crippen LogP contribution in [0.2, 0.25) is 0 Å². The van der Waals surface area contributed by atoms with Crippen LogP contribution in [0.15, 0.2) is 23.8 Å². The van der Waals surface area contributed by atoms with Gasteiger partial charge in [0.1, 0.15) is 0 Å². The first-order chi connectivity index (χ1) is 3.93. The Morgan fingerprint density at radius 2 is 2.50 bits per heavy atom. The first kappa shape index (κ1) is 5.18. The van der Waals surface area contributed by atoms with Gasteiger partial charge in [0.05, 0.1) is 0 Å². The SMILES string of the molecule is C#CC1=CC=CCC1. The average Bonchev–Trinajstić information content (AvgIpc) is 1.90. The summed E-state index contributed by atoms with van der Waals surface area (Å²) in [6.07, 6.45) is 13.4. The van der Waals surface area contributed by atoms with Crippen molar-refractivity contribution in [2.75, 3.05) is 0 Å². The molecule has 0 atom stereocenters. The molecule has 0 amide bonds. The summed E-state index contributed by atoms with van der Waals surface area (Å²) < 4.78 is 0. The van der Waals surface area contributed by atoms with Crippen LogP contribution in [0.25, 0.3) is 0 Å². The van der Waals surface area contributed by atoms with E-state index in [1.165, 1.54) is 0 Å². The topological polar surface area (TPSA) is 0 Å².